The lowest BCUT2D eigenvalue weighted by Gasteiger charge is -2.50. The highest BCUT2D eigenvalue weighted by Gasteiger charge is 2.56. The number of amides is 2. The van der Waals surface area contributed by atoms with Crippen LogP contribution in [0, 0.1) is 0 Å². The molecule has 1 saturated heterocycles. The molecule has 2 aliphatic heterocycles. The molecule has 2 atom stereocenters. The van der Waals surface area contributed by atoms with Gasteiger partial charge in [0.25, 0.3) is 5.91 Å². The smallest absolute Gasteiger partial charge is 0.408 e. The minimum atomic E-state index is -1.17. The van der Waals surface area contributed by atoms with Gasteiger partial charge in [0.05, 0.1) is 16.4 Å². The third-order valence-corrected chi connectivity index (χ3v) is 5.29. The number of pyridine rings is 1. The van der Waals surface area contributed by atoms with E-state index in [1.54, 1.807) is 12.1 Å². The first-order valence-electron chi connectivity index (χ1n) is 8.36. The molecule has 1 fully saturated rings. The van der Waals surface area contributed by atoms with Crippen molar-refractivity contribution < 1.29 is 14.7 Å². The minimum Gasteiger partial charge on any atom is -0.465 e. The van der Waals surface area contributed by atoms with Crippen LogP contribution in [0.25, 0.3) is 0 Å². The number of piperazine rings is 1. The van der Waals surface area contributed by atoms with Crippen molar-refractivity contribution in [1.29, 1.82) is 0 Å². The first kappa shape index (κ1) is 17.6. The van der Waals surface area contributed by atoms with E-state index < -0.39 is 17.7 Å². The van der Waals surface area contributed by atoms with Crippen molar-refractivity contribution in [2.45, 2.75) is 11.6 Å². The lowest BCUT2D eigenvalue weighted by molar-refractivity contribution is -0.0129. The minimum absolute atomic E-state index is 0.203. The molecule has 0 radical (unpaired) electrons. The Morgan fingerprint density at radius 3 is 2.78 bits per heavy atom. The maximum absolute atomic E-state index is 12.5. The molecule has 0 bridgehead atoms. The molecular weight excluding hydrogens is 372 g/mol. The van der Waals surface area contributed by atoms with Gasteiger partial charge in [0.2, 0.25) is 0 Å². The maximum atomic E-state index is 12.5. The van der Waals surface area contributed by atoms with Crippen LogP contribution in [-0.2, 0) is 5.54 Å². The number of nitrogens with one attached hydrogen (secondary N) is 1. The van der Waals surface area contributed by atoms with Crippen molar-refractivity contribution in [3.8, 4) is 0 Å². The first-order chi connectivity index (χ1) is 12.9. The standard InChI is InChI=1S/C17H17ClN6O3/c1-23-6-7-24(16(26)27)17(9-23,11-3-2-10(18)8-21-11)14-12-13(15(25)22-14)20-5-4-19-12/h2-5,8,14H,6-7,9H2,1H3,(H,22,25)(H,26,27)/t14?,17-/m1/s1. The van der Waals surface area contributed by atoms with Gasteiger partial charge in [0.1, 0.15) is 11.6 Å². The van der Waals surface area contributed by atoms with Gasteiger partial charge in [0, 0.05) is 38.2 Å². The van der Waals surface area contributed by atoms with E-state index in [1.165, 1.54) is 23.5 Å². The summed E-state index contributed by atoms with van der Waals surface area (Å²) in [4.78, 5) is 40.9. The van der Waals surface area contributed by atoms with Crippen LogP contribution in [0.1, 0.15) is 27.9 Å². The van der Waals surface area contributed by atoms with E-state index in [-0.39, 0.29) is 18.1 Å². The Kier molecular flexibility index (Phi) is 4.20. The maximum Gasteiger partial charge on any atom is 0.408 e. The van der Waals surface area contributed by atoms with Gasteiger partial charge in [-0.1, -0.05) is 11.6 Å². The Morgan fingerprint density at radius 1 is 1.30 bits per heavy atom. The Labute approximate surface area is 160 Å². The van der Waals surface area contributed by atoms with Gasteiger partial charge < -0.3 is 15.3 Å². The van der Waals surface area contributed by atoms with Crippen LogP contribution in [-0.4, -0.2) is 68.5 Å². The third-order valence-electron chi connectivity index (χ3n) is 5.07. The van der Waals surface area contributed by atoms with Gasteiger partial charge in [-0.05, 0) is 19.2 Å². The number of hydrogen-bond acceptors (Lipinski definition) is 6. The Hall–Kier alpha value is -2.78. The highest BCUT2D eigenvalue weighted by molar-refractivity contribution is 6.30. The molecule has 2 amide bonds. The summed E-state index contributed by atoms with van der Waals surface area (Å²) >= 11 is 5.99. The van der Waals surface area contributed by atoms with Gasteiger partial charge >= 0.3 is 6.09 Å². The normalized spacial score (nSPS) is 25.2. The highest BCUT2D eigenvalue weighted by Crippen LogP contribution is 2.44. The molecule has 4 rings (SSSR count). The van der Waals surface area contributed by atoms with Crippen LogP contribution < -0.4 is 5.32 Å². The molecule has 27 heavy (non-hydrogen) atoms. The van der Waals surface area contributed by atoms with E-state index in [1.807, 2.05) is 11.9 Å². The summed E-state index contributed by atoms with van der Waals surface area (Å²) in [6.07, 6.45) is 3.32. The van der Waals surface area contributed by atoms with Crippen LogP contribution in [0.3, 0.4) is 0 Å². The lowest BCUT2D eigenvalue weighted by Crippen LogP contribution is -2.65. The summed E-state index contributed by atoms with van der Waals surface area (Å²) in [5.41, 5.74) is -0.0553. The zero-order valence-electron chi connectivity index (χ0n) is 14.5. The second kappa shape index (κ2) is 6.43. The summed E-state index contributed by atoms with van der Waals surface area (Å²) in [5, 5.41) is 13.3. The zero-order chi connectivity index (χ0) is 19.2. The van der Waals surface area contributed by atoms with E-state index in [0.717, 1.165) is 0 Å². The molecule has 2 N–H and O–H groups in total. The number of hydrogen-bond donors (Lipinski definition) is 2. The number of carboxylic acid groups (broad SMARTS) is 1. The van der Waals surface area contributed by atoms with Crippen LogP contribution in [0.2, 0.25) is 5.02 Å². The van der Waals surface area contributed by atoms with E-state index >= 15 is 0 Å². The van der Waals surface area contributed by atoms with Gasteiger partial charge in [-0.15, -0.1) is 0 Å². The van der Waals surface area contributed by atoms with Gasteiger partial charge in [-0.3, -0.25) is 19.7 Å². The third kappa shape index (κ3) is 2.70. The Balaban J connectivity index is 1.95. The van der Waals surface area contributed by atoms with Crippen LogP contribution in [0.5, 0.6) is 0 Å². The molecule has 0 saturated carbocycles. The summed E-state index contributed by atoms with van der Waals surface area (Å²) in [7, 11) is 1.90. The summed E-state index contributed by atoms with van der Waals surface area (Å²) < 4.78 is 0. The monoisotopic (exact) mass is 388 g/mol. The van der Waals surface area contributed by atoms with Crippen molar-refractivity contribution in [2.75, 3.05) is 26.7 Å². The summed E-state index contributed by atoms with van der Waals surface area (Å²) in [5.74, 6) is -0.380. The molecular formula is C17H17ClN6O3. The molecule has 140 valence electrons. The topological polar surface area (TPSA) is 112 Å². The molecule has 4 heterocycles. The quantitative estimate of drug-likeness (QED) is 0.793. The number of likely N-dealkylation sites (N-methyl/N-ethyl adjacent to an activating group) is 1. The largest absolute Gasteiger partial charge is 0.465 e. The van der Waals surface area contributed by atoms with Crippen LogP contribution in [0.4, 0.5) is 4.79 Å². The molecule has 1 unspecified atom stereocenters. The zero-order valence-corrected chi connectivity index (χ0v) is 15.2. The van der Waals surface area contributed by atoms with Crippen LogP contribution >= 0.6 is 11.6 Å². The molecule has 9 nitrogen and oxygen atoms in total. The second-order valence-electron chi connectivity index (χ2n) is 6.65. The number of aromatic nitrogens is 3. The molecule has 2 aromatic rings. The van der Waals surface area contributed by atoms with E-state index in [2.05, 4.69) is 20.3 Å². The van der Waals surface area contributed by atoms with E-state index in [4.69, 9.17) is 11.6 Å². The van der Waals surface area contributed by atoms with Gasteiger partial charge in [-0.25, -0.2) is 9.78 Å². The molecule has 0 spiro atoms. The molecule has 2 aromatic heterocycles. The second-order valence-corrected chi connectivity index (χ2v) is 7.09. The number of fused-ring (bicyclic) bond motifs is 1. The highest BCUT2D eigenvalue weighted by atomic mass is 35.5. The molecule has 10 heteroatoms. The first-order valence-corrected chi connectivity index (χ1v) is 8.74. The number of rotatable bonds is 2. The SMILES string of the molecule is CN1CCN(C(=O)O)[C@](c2ccc(Cl)cn2)(C2NC(=O)c3nccnc32)C1. The van der Waals surface area contributed by atoms with E-state index in [9.17, 15) is 14.7 Å². The molecule has 2 aliphatic rings. The number of carbonyl (C=O) groups excluding carboxylic acids is 1. The summed E-state index contributed by atoms with van der Waals surface area (Å²) in [6, 6.07) is 2.63. The van der Waals surface area contributed by atoms with Crippen LogP contribution in [0.15, 0.2) is 30.7 Å². The Morgan fingerprint density at radius 2 is 2.07 bits per heavy atom. The van der Waals surface area contributed by atoms with E-state index in [0.29, 0.717) is 29.5 Å². The van der Waals surface area contributed by atoms with Gasteiger partial charge in [0.15, 0.2) is 5.69 Å². The van der Waals surface area contributed by atoms with Crippen molar-refractivity contribution in [1.82, 2.24) is 30.1 Å². The predicted octanol–water partition coefficient (Wildman–Crippen LogP) is 1.13. The van der Waals surface area contributed by atoms with Crippen molar-refractivity contribution >= 4 is 23.6 Å². The fourth-order valence-corrected chi connectivity index (χ4v) is 4.02. The van der Waals surface area contributed by atoms with Crippen molar-refractivity contribution in [2.24, 2.45) is 0 Å². The average Bonchev–Trinajstić information content (AvgIpc) is 2.99. The van der Waals surface area contributed by atoms with Gasteiger partial charge in [-0.2, -0.15) is 0 Å². The van der Waals surface area contributed by atoms with Crippen molar-refractivity contribution in [3.63, 3.8) is 0 Å². The molecule has 0 aromatic carbocycles. The lowest BCUT2D eigenvalue weighted by atomic mass is 9.81. The fraction of sp³-hybridized carbons (Fsp3) is 0.353. The average molecular weight is 389 g/mol. The Bertz CT molecular complexity index is 908. The van der Waals surface area contributed by atoms with Crippen molar-refractivity contribution in [3.05, 3.63) is 52.8 Å². The number of halogens is 1. The number of carbonyl (C=O) groups is 2. The number of nitrogens with zero attached hydrogens (tertiary/aromatic N) is 5. The summed E-state index contributed by atoms with van der Waals surface area (Å²) in [6.45, 7) is 1.16. The molecule has 0 aliphatic carbocycles. The predicted molar refractivity (Wildman–Crippen MR) is 95.4 cm³/mol. The fourth-order valence-electron chi connectivity index (χ4n) is 3.91.